The maximum Gasteiger partial charge on any atom is 0.446 e. The molecule has 0 radical (unpaired) electrons. The van der Waals surface area contributed by atoms with Crippen LogP contribution in [0.4, 0.5) is 0 Å². The third-order valence-corrected chi connectivity index (χ3v) is 2.21. The van der Waals surface area contributed by atoms with Crippen molar-refractivity contribution in [3.8, 4) is 0 Å². The molecular weight excluding hydrogens is 232 g/mol. The monoisotopic (exact) mass is 244 g/mol. The fraction of sp³-hybridized carbons (Fsp3) is 0.154. The fourth-order valence-electron chi connectivity index (χ4n) is 1.39. The molecule has 0 fully saturated rings. The van der Waals surface area contributed by atoms with Gasteiger partial charge in [-0.15, -0.1) is 0 Å². The average molecular weight is 244 g/mol. The fourth-order valence-corrected chi connectivity index (χ4v) is 1.39. The van der Waals surface area contributed by atoms with E-state index in [-0.39, 0.29) is 12.2 Å². The van der Waals surface area contributed by atoms with Gasteiger partial charge in [0.05, 0.1) is 6.61 Å². The van der Waals surface area contributed by atoms with Crippen molar-refractivity contribution in [2.24, 2.45) is 0 Å². The van der Waals surface area contributed by atoms with Crippen LogP contribution < -0.4 is 0 Å². The summed E-state index contributed by atoms with van der Waals surface area (Å²) in [6, 6.07) is 6.55. The molecule has 0 aliphatic carbocycles. The number of nitrogens with zero attached hydrogens (tertiary/aromatic N) is 2. The van der Waals surface area contributed by atoms with E-state index in [1.807, 2.05) is 0 Å². The summed E-state index contributed by atoms with van der Waals surface area (Å²) in [5.41, 5.74) is 8.89. The van der Waals surface area contributed by atoms with Crippen molar-refractivity contribution in [1.29, 1.82) is 0 Å². The second-order valence-electron chi connectivity index (χ2n) is 3.29. The second kappa shape index (κ2) is 6.27. The molecule has 92 valence electrons. The molecule has 1 rings (SSSR count). The van der Waals surface area contributed by atoms with Crippen molar-refractivity contribution in [2.75, 3.05) is 6.61 Å². The Balaban J connectivity index is 3.17. The Morgan fingerprint density at radius 1 is 1.44 bits per heavy atom. The van der Waals surface area contributed by atoms with Crippen molar-refractivity contribution >= 4 is 23.5 Å². The van der Waals surface area contributed by atoms with Crippen molar-refractivity contribution in [1.82, 2.24) is 0 Å². The van der Waals surface area contributed by atoms with Crippen molar-refractivity contribution in [2.45, 2.75) is 6.92 Å². The number of rotatable bonds is 5. The molecule has 0 aliphatic rings. The van der Waals surface area contributed by atoms with Crippen LogP contribution >= 0.6 is 0 Å². The van der Waals surface area contributed by atoms with E-state index < -0.39 is 17.5 Å². The first-order valence-electron chi connectivity index (χ1n) is 5.31. The highest BCUT2D eigenvalue weighted by molar-refractivity contribution is 6.65. The Morgan fingerprint density at radius 3 is 2.67 bits per heavy atom. The standard InChI is InChI=1S/C13H12N2O3/c1-3-9-7-5-6-8-10(9)12(16)11(15-14)13(17)18-4-2/h3,5-8H,1,4H2,2H3. The third kappa shape index (κ3) is 2.78. The zero-order chi connectivity index (χ0) is 13.5. The van der Waals surface area contributed by atoms with Crippen LogP contribution in [0.2, 0.25) is 0 Å². The Hall–Kier alpha value is -2.52. The third-order valence-electron chi connectivity index (χ3n) is 2.21. The lowest BCUT2D eigenvalue weighted by Gasteiger charge is -2.01. The molecule has 0 unspecified atom stereocenters. The molecule has 1 aromatic rings. The molecule has 0 atom stereocenters. The number of ether oxygens (including phenoxy) is 1. The van der Waals surface area contributed by atoms with Crippen molar-refractivity contribution < 1.29 is 19.1 Å². The topological polar surface area (TPSA) is 79.8 Å². The highest BCUT2D eigenvalue weighted by Gasteiger charge is 2.32. The van der Waals surface area contributed by atoms with Crippen LogP contribution in [0, 0.1) is 0 Å². The minimum absolute atomic E-state index is 0.0915. The second-order valence-corrected chi connectivity index (χ2v) is 3.29. The van der Waals surface area contributed by atoms with Gasteiger partial charge in [-0.2, -0.15) is 4.79 Å². The Bertz CT molecular complexity index is 543. The van der Waals surface area contributed by atoms with Crippen LogP contribution in [0.15, 0.2) is 30.8 Å². The first-order chi connectivity index (χ1) is 8.65. The van der Waals surface area contributed by atoms with E-state index in [1.165, 1.54) is 12.1 Å². The number of benzene rings is 1. The quantitative estimate of drug-likeness (QED) is 0.197. The molecule has 0 N–H and O–H groups in total. The van der Waals surface area contributed by atoms with Gasteiger partial charge in [-0.05, 0) is 12.5 Å². The van der Waals surface area contributed by atoms with Gasteiger partial charge in [0, 0.05) is 5.56 Å². The van der Waals surface area contributed by atoms with Crippen LogP contribution in [-0.2, 0) is 9.53 Å². The molecule has 1 aromatic carbocycles. The van der Waals surface area contributed by atoms with E-state index in [9.17, 15) is 9.59 Å². The van der Waals surface area contributed by atoms with E-state index in [0.29, 0.717) is 5.56 Å². The maximum atomic E-state index is 12.0. The van der Waals surface area contributed by atoms with E-state index in [0.717, 1.165) is 0 Å². The van der Waals surface area contributed by atoms with Gasteiger partial charge >= 0.3 is 11.7 Å². The highest BCUT2D eigenvalue weighted by atomic mass is 16.5. The first-order valence-corrected chi connectivity index (χ1v) is 5.31. The average Bonchev–Trinajstić information content (AvgIpc) is 2.39. The Morgan fingerprint density at radius 2 is 2.11 bits per heavy atom. The summed E-state index contributed by atoms with van der Waals surface area (Å²) in [4.78, 5) is 26.2. The van der Waals surface area contributed by atoms with E-state index >= 15 is 0 Å². The lowest BCUT2D eigenvalue weighted by molar-refractivity contribution is -0.139. The highest BCUT2D eigenvalue weighted by Crippen LogP contribution is 2.11. The van der Waals surface area contributed by atoms with Gasteiger partial charge in [0.2, 0.25) is 0 Å². The number of esters is 1. The molecule has 5 nitrogen and oxygen atoms in total. The molecule has 0 aliphatic heterocycles. The lowest BCUT2D eigenvalue weighted by atomic mass is 10.0. The van der Waals surface area contributed by atoms with E-state index in [4.69, 9.17) is 5.53 Å². The summed E-state index contributed by atoms with van der Waals surface area (Å²) in [5.74, 6) is -1.66. The summed E-state index contributed by atoms with van der Waals surface area (Å²) >= 11 is 0. The van der Waals surface area contributed by atoms with Gasteiger partial charge in [-0.25, -0.2) is 4.79 Å². The number of Topliss-reactive ketones (excluding diaryl/α,β-unsaturated/α-hetero) is 1. The van der Waals surface area contributed by atoms with Gasteiger partial charge in [-0.3, -0.25) is 4.79 Å². The number of hydrogen-bond acceptors (Lipinski definition) is 3. The summed E-state index contributed by atoms with van der Waals surface area (Å²) in [6.07, 6.45) is 1.48. The largest absolute Gasteiger partial charge is 0.457 e. The number of hydrogen-bond donors (Lipinski definition) is 0. The maximum absolute atomic E-state index is 12.0. The summed E-state index contributed by atoms with van der Waals surface area (Å²) in [5, 5.41) is 0. The molecular formula is C13H12N2O3. The molecule has 5 heteroatoms. The van der Waals surface area contributed by atoms with Gasteiger partial charge in [0.25, 0.3) is 5.78 Å². The minimum atomic E-state index is -0.955. The van der Waals surface area contributed by atoms with Crippen molar-refractivity contribution in [3.63, 3.8) is 0 Å². The van der Waals surface area contributed by atoms with Gasteiger partial charge in [0.15, 0.2) is 0 Å². The summed E-state index contributed by atoms with van der Waals surface area (Å²) in [6.45, 7) is 5.25. The van der Waals surface area contributed by atoms with Gasteiger partial charge in [0.1, 0.15) is 0 Å². The zero-order valence-electron chi connectivity index (χ0n) is 9.92. The van der Waals surface area contributed by atoms with Crippen molar-refractivity contribution in [3.05, 3.63) is 47.5 Å². The van der Waals surface area contributed by atoms with Crippen LogP contribution in [0.5, 0.6) is 0 Å². The van der Waals surface area contributed by atoms with E-state index in [1.54, 1.807) is 25.1 Å². The van der Waals surface area contributed by atoms with Crippen LogP contribution in [0.3, 0.4) is 0 Å². The lowest BCUT2D eigenvalue weighted by Crippen LogP contribution is -2.28. The van der Waals surface area contributed by atoms with E-state index in [2.05, 4.69) is 16.1 Å². The van der Waals surface area contributed by atoms with Gasteiger partial charge in [-0.1, -0.05) is 36.9 Å². The minimum Gasteiger partial charge on any atom is -0.457 e. The van der Waals surface area contributed by atoms with Crippen LogP contribution in [-0.4, -0.2) is 28.9 Å². The number of carbonyl (C=O) groups excluding carboxylic acids is 2. The molecule has 0 amide bonds. The molecule has 0 bridgehead atoms. The molecule has 0 heterocycles. The molecule has 0 saturated carbocycles. The predicted octanol–water partition coefficient (Wildman–Crippen LogP) is 1.75. The molecule has 0 aromatic heterocycles. The van der Waals surface area contributed by atoms with Crippen LogP contribution in [0.25, 0.3) is 11.6 Å². The summed E-state index contributed by atoms with van der Waals surface area (Å²) in [7, 11) is 0. The molecule has 0 saturated heterocycles. The summed E-state index contributed by atoms with van der Waals surface area (Å²) < 4.78 is 4.63. The van der Waals surface area contributed by atoms with Gasteiger partial charge < -0.3 is 10.3 Å². The Labute approximate surface area is 104 Å². The Kier molecular flexibility index (Phi) is 4.72. The molecule has 0 spiro atoms. The first kappa shape index (κ1) is 13.5. The van der Waals surface area contributed by atoms with Crippen LogP contribution in [0.1, 0.15) is 22.8 Å². The number of ketones is 1. The number of carbonyl (C=O) groups is 2. The normalized spacial score (nSPS) is 9.17. The SMILES string of the molecule is C=Cc1ccccc1C(=O)C(=[N+]=[N-])C(=O)OCC. The smallest absolute Gasteiger partial charge is 0.446 e. The molecule has 18 heavy (non-hydrogen) atoms. The predicted molar refractivity (Wildman–Crippen MR) is 66.1 cm³/mol. The zero-order valence-corrected chi connectivity index (χ0v) is 9.92.